The average Bonchev–Trinajstić information content (AvgIpc) is 2.33. The van der Waals surface area contributed by atoms with Crippen LogP contribution in [0.5, 0.6) is 0 Å². The van der Waals surface area contributed by atoms with Gasteiger partial charge in [0.25, 0.3) is 0 Å². The molecule has 2 atom stereocenters. The third-order valence-electron chi connectivity index (χ3n) is 2.28. The highest BCUT2D eigenvalue weighted by molar-refractivity contribution is 4.86. The van der Waals surface area contributed by atoms with E-state index in [4.69, 9.17) is 4.74 Å². The summed E-state index contributed by atoms with van der Waals surface area (Å²) in [5.74, 6) is 0. The summed E-state index contributed by atoms with van der Waals surface area (Å²) in [5, 5.41) is 3.43. The van der Waals surface area contributed by atoms with Gasteiger partial charge in [0.15, 0.2) is 0 Å². The Bertz CT molecular complexity index is 93.1. The van der Waals surface area contributed by atoms with Crippen LogP contribution in [-0.4, -0.2) is 25.3 Å². The third-order valence-corrected chi connectivity index (χ3v) is 2.28. The van der Waals surface area contributed by atoms with Gasteiger partial charge in [0.2, 0.25) is 0 Å². The highest BCUT2D eigenvalue weighted by atomic mass is 16.5. The van der Waals surface area contributed by atoms with Gasteiger partial charge in [0.05, 0.1) is 6.10 Å². The predicted molar refractivity (Wildman–Crippen MR) is 35.4 cm³/mol. The van der Waals surface area contributed by atoms with Gasteiger partial charge in [-0.15, -0.1) is 0 Å². The average molecular weight is 127 g/mol. The second-order valence-electron chi connectivity index (χ2n) is 2.90. The zero-order valence-corrected chi connectivity index (χ0v) is 5.60. The first kappa shape index (κ1) is 5.69. The minimum atomic E-state index is 0.554. The van der Waals surface area contributed by atoms with Crippen LogP contribution in [0.3, 0.4) is 0 Å². The molecule has 2 aliphatic rings. The summed E-state index contributed by atoms with van der Waals surface area (Å²) in [7, 11) is 0. The number of ether oxygens (including phenoxy) is 1. The molecule has 1 N–H and O–H groups in total. The number of fused-ring (bicyclic) bond motifs is 1. The number of hydrogen-bond acceptors (Lipinski definition) is 2. The van der Waals surface area contributed by atoms with Crippen LogP contribution in [0.15, 0.2) is 0 Å². The van der Waals surface area contributed by atoms with Crippen molar-refractivity contribution in [2.45, 2.75) is 31.4 Å². The maximum atomic E-state index is 5.54. The van der Waals surface area contributed by atoms with E-state index in [-0.39, 0.29) is 0 Å². The molecular weight excluding hydrogens is 114 g/mol. The van der Waals surface area contributed by atoms with E-state index in [1.54, 1.807) is 0 Å². The maximum Gasteiger partial charge on any atom is 0.0740 e. The normalized spacial score (nSPS) is 42.7. The van der Waals surface area contributed by atoms with Gasteiger partial charge < -0.3 is 10.1 Å². The molecule has 0 unspecified atom stereocenters. The largest absolute Gasteiger partial charge is 0.377 e. The van der Waals surface area contributed by atoms with Crippen molar-refractivity contribution < 1.29 is 4.74 Å². The number of nitrogens with one attached hydrogen (secondary N) is 1. The molecule has 0 bridgehead atoms. The van der Waals surface area contributed by atoms with Crippen molar-refractivity contribution in [1.82, 2.24) is 5.32 Å². The van der Waals surface area contributed by atoms with E-state index in [2.05, 4.69) is 5.32 Å². The van der Waals surface area contributed by atoms with Crippen molar-refractivity contribution in [2.75, 3.05) is 13.2 Å². The van der Waals surface area contributed by atoms with Crippen molar-refractivity contribution in [1.29, 1.82) is 0 Å². The van der Waals surface area contributed by atoms with Crippen LogP contribution >= 0.6 is 0 Å². The van der Waals surface area contributed by atoms with Gasteiger partial charge >= 0.3 is 0 Å². The first-order chi connectivity index (χ1) is 4.47. The van der Waals surface area contributed by atoms with Crippen LogP contribution in [-0.2, 0) is 4.74 Å². The Kier molecular flexibility index (Phi) is 1.44. The fourth-order valence-electron chi connectivity index (χ4n) is 1.77. The van der Waals surface area contributed by atoms with Crippen molar-refractivity contribution >= 4 is 0 Å². The van der Waals surface area contributed by atoms with Crippen molar-refractivity contribution in [3.63, 3.8) is 0 Å². The second kappa shape index (κ2) is 2.27. The molecule has 2 fully saturated rings. The van der Waals surface area contributed by atoms with E-state index in [0.717, 1.165) is 13.2 Å². The lowest BCUT2D eigenvalue weighted by molar-refractivity contribution is 0.0114. The van der Waals surface area contributed by atoms with Crippen molar-refractivity contribution in [3.8, 4) is 0 Å². The molecule has 0 aromatic heterocycles. The molecule has 0 aromatic rings. The maximum absolute atomic E-state index is 5.54. The Balaban J connectivity index is 1.97. The summed E-state index contributed by atoms with van der Waals surface area (Å²) in [4.78, 5) is 0. The molecule has 0 aliphatic carbocycles. The van der Waals surface area contributed by atoms with Crippen LogP contribution in [0.1, 0.15) is 19.3 Å². The SMILES string of the molecule is C1CO[C@@H]2CCN[C@@H]2C1. The monoisotopic (exact) mass is 127 g/mol. The van der Waals surface area contributed by atoms with Crippen LogP contribution in [0.2, 0.25) is 0 Å². The molecule has 2 saturated heterocycles. The Hall–Kier alpha value is -0.0800. The topological polar surface area (TPSA) is 21.3 Å². The lowest BCUT2D eigenvalue weighted by atomic mass is 10.0. The first-order valence-electron chi connectivity index (χ1n) is 3.82. The van der Waals surface area contributed by atoms with Gasteiger partial charge in [-0.25, -0.2) is 0 Å². The van der Waals surface area contributed by atoms with Gasteiger partial charge in [-0.1, -0.05) is 0 Å². The molecule has 9 heavy (non-hydrogen) atoms. The molecule has 2 heteroatoms. The Morgan fingerprint density at radius 1 is 1.33 bits per heavy atom. The Labute approximate surface area is 55.6 Å². The summed E-state index contributed by atoms with van der Waals surface area (Å²) >= 11 is 0. The Morgan fingerprint density at radius 2 is 2.33 bits per heavy atom. The van der Waals surface area contributed by atoms with Crippen LogP contribution in [0.4, 0.5) is 0 Å². The standard InChI is InChI=1S/C7H13NO/c1-2-6-7(9-5-1)3-4-8-6/h6-8H,1-5H2/t6-,7-/m1/s1. The van der Waals surface area contributed by atoms with E-state index in [1.807, 2.05) is 0 Å². The highest BCUT2D eigenvalue weighted by Gasteiger charge is 2.29. The second-order valence-corrected chi connectivity index (χ2v) is 2.90. The van der Waals surface area contributed by atoms with Crippen LogP contribution in [0, 0.1) is 0 Å². The first-order valence-corrected chi connectivity index (χ1v) is 3.82. The van der Waals surface area contributed by atoms with Gasteiger partial charge in [0, 0.05) is 12.6 Å². The van der Waals surface area contributed by atoms with E-state index in [0.29, 0.717) is 12.1 Å². The molecule has 0 aromatic carbocycles. The zero-order valence-electron chi connectivity index (χ0n) is 5.60. The Morgan fingerprint density at radius 3 is 3.22 bits per heavy atom. The van der Waals surface area contributed by atoms with Gasteiger partial charge in [0.1, 0.15) is 0 Å². The lowest BCUT2D eigenvalue weighted by Crippen LogP contribution is -2.36. The molecular formula is C7H13NO. The van der Waals surface area contributed by atoms with Crippen molar-refractivity contribution in [2.24, 2.45) is 0 Å². The molecule has 0 saturated carbocycles. The van der Waals surface area contributed by atoms with Gasteiger partial charge in [-0.2, -0.15) is 0 Å². The van der Waals surface area contributed by atoms with Crippen LogP contribution in [0.25, 0.3) is 0 Å². The molecule has 0 amide bonds. The molecule has 2 aliphatic heterocycles. The fraction of sp³-hybridized carbons (Fsp3) is 1.00. The van der Waals surface area contributed by atoms with E-state index >= 15 is 0 Å². The zero-order chi connectivity index (χ0) is 6.10. The van der Waals surface area contributed by atoms with E-state index in [9.17, 15) is 0 Å². The van der Waals surface area contributed by atoms with Crippen molar-refractivity contribution in [3.05, 3.63) is 0 Å². The smallest absolute Gasteiger partial charge is 0.0740 e. The molecule has 2 nitrogen and oxygen atoms in total. The quantitative estimate of drug-likeness (QED) is 0.512. The molecule has 0 spiro atoms. The molecule has 52 valence electrons. The predicted octanol–water partition coefficient (Wildman–Crippen LogP) is 0.527. The molecule has 2 rings (SSSR count). The lowest BCUT2D eigenvalue weighted by Gasteiger charge is -2.24. The van der Waals surface area contributed by atoms with Gasteiger partial charge in [-0.3, -0.25) is 0 Å². The summed E-state index contributed by atoms with van der Waals surface area (Å²) < 4.78 is 5.54. The van der Waals surface area contributed by atoms with Crippen LogP contribution < -0.4 is 5.32 Å². The fourth-order valence-corrected chi connectivity index (χ4v) is 1.77. The van der Waals surface area contributed by atoms with E-state index < -0.39 is 0 Å². The molecule has 2 heterocycles. The third kappa shape index (κ3) is 0.970. The minimum absolute atomic E-state index is 0.554. The minimum Gasteiger partial charge on any atom is -0.377 e. The summed E-state index contributed by atoms with van der Waals surface area (Å²) in [6.45, 7) is 2.15. The summed E-state index contributed by atoms with van der Waals surface area (Å²) in [6, 6.07) is 0.693. The summed E-state index contributed by atoms with van der Waals surface area (Å²) in [6.07, 6.45) is 4.35. The summed E-state index contributed by atoms with van der Waals surface area (Å²) in [5.41, 5.74) is 0. The highest BCUT2D eigenvalue weighted by Crippen LogP contribution is 2.20. The number of hydrogen-bond donors (Lipinski definition) is 1. The van der Waals surface area contributed by atoms with Gasteiger partial charge in [-0.05, 0) is 25.8 Å². The molecule has 0 radical (unpaired) electrons. The number of rotatable bonds is 0. The van der Waals surface area contributed by atoms with E-state index in [1.165, 1.54) is 19.3 Å².